The molecule has 1 atom stereocenters. The van der Waals surface area contributed by atoms with Crippen molar-refractivity contribution in [3.63, 3.8) is 0 Å². The highest BCUT2D eigenvalue weighted by molar-refractivity contribution is 7.88. The van der Waals surface area contributed by atoms with Gasteiger partial charge in [-0.2, -0.15) is 0 Å². The number of amides is 1. The van der Waals surface area contributed by atoms with E-state index in [-0.39, 0.29) is 24.1 Å². The summed E-state index contributed by atoms with van der Waals surface area (Å²) in [6.45, 7) is 5.75. The van der Waals surface area contributed by atoms with Gasteiger partial charge in [-0.3, -0.25) is 4.79 Å². The Morgan fingerprint density at radius 1 is 1.16 bits per heavy atom. The summed E-state index contributed by atoms with van der Waals surface area (Å²) in [6, 6.07) is 9.90. The lowest BCUT2D eigenvalue weighted by atomic mass is 10.1. The van der Waals surface area contributed by atoms with Crippen molar-refractivity contribution in [3.8, 4) is 0 Å². The lowest BCUT2D eigenvalue weighted by Gasteiger charge is -2.21. The van der Waals surface area contributed by atoms with E-state index in [4.69, 9.17) is 4.42 Å². The van der Waals surface area contributed by atoms with E-state index >= 15 is 0 Å². The minimum atomic E-state index is -3.64. The Kier molecular flexibility index (Phi) is 6.39. The molecule has 7 heteroatoms. The highest BCUT2D eigenvalue weighted by atomic mass is 32.2. The number of furan rings is 1. The largest absolute Gasteiger partial charge is 0.467 e. The van der Waals surface area contributed by atoms with Crippen LogP contribution >= 0.6 is 0 Å². The molecule has 2 rings (SSSR count). The van der Waals surface area contributed by atoms with E-state index in [2.05, 4.69) is 10.0 Å². The highest BCUT2D eigenvalue weighted by Crippen LogP contribution is 2.10. The van der Waals surface area contributed by atoms with Crippen LogP contribution in [0.4, 0.5) is 0 Å². The fourth-order valence-electron chi connectivity index (χ4n) is 2.33. The average Bonchev–Trinajstić information content (AvgIpc) is 3.05. The number of benzene rings is 1. The summed E-state index contributed by atoms with van der Waals surface area (Å²) in [5.41, 5.74) is 1.74. The van der Waals surface area contributed by atoms with Crippen molar-refractivity contribution >= 4 is 15.9 Å². The van der Waals surface area contributed by atoms with E-state index in [9.17, 15) is 13.2 Å². The monoisotopic (exact) mass is 364 g/mol. The summed E-state index contributed by atoms with van der Waals surface area (Å²) in [6.07, 6.45) is 1.52. The van der Waals surface area contributed by atoms with Gasteiger partial charge < -0.3 is 9.73 Å². The van der Waals surface area contributed by atoms with Crippen molar-refractivity contribution in [1.82, 2.24) is 10.0 Å². The fraction of sp³-hybridized carbons (Fsp3) is 0.389. The van der Waals surface area contributed by atoms with Crippen LogP contribution in [0, 0.1) is 12.8 Å². The van der Waals surface area contributed by atoms with Crippen molar-refractivity contribution in [2.24, 2.45) is 5.92 Å². The molecule has 25 heavy (non-hydrogen) atoms. The Hall–Kier alpha value is -2.12. The molecule has 0 unspecified atom stereocenters. The van der Waals surface area contributed by atoms with Crippen molar-refractivity contribution in [2.75, 3.05) is 0 Å². The van der Waals surface area contributed by atoms with Crippen molar-refractivity contribution in [1.29, 1.82) is 0 Å². The minimum Gasteiger partial charge on any atom is -0.467 e. The SMILES string of the molecule is Cc1ccc(CS(=O)(=O)N[C@H](C(=O)NCc2ccco2)C(C)C)cc1. The number of nitrogens with one attached hydrogen (secondary N) is 2. The van der Waals surface area contributed by atoms with Crippen LogP contribution in [0.2, 0.25) is 0 Å². The summed E-state index contributed by atoms with van der Waals surface area (Å²) in [7, 11) is -3.64. The van der Waals surface area contributed by atoms with Gasteiger partial charge in [0.15, 0.2) is 0 Å². The summed E-state index contributed by atoms with van der Waals surface area (Å²) in [5.74, 6) is -0.122. The number of aryl methyl sites for hydroxylation is 1. The molecule has 0 aliphatic heterocycles. The maximum absolute atomic E-state index is 12.4. The van der Waals surface area contributed by atoms with Gasteiger partial charge in [0.25, 0.3) is 0 Å². The molecule has 0 bridgehead atoms. The molecule has 2 N–H and O–H groups in total. The third kappa shape index (κ3) is 6.03. The van der Waals surface area contributed by atoms with Crippen LogP contribution in [0.3, 0.4) is 0 Å². The third-order valence-electron chi connectivity index (χ3n) is 3.75. The Labute approximate surface area is 148 Å². The number of carbonyl (C=O) groups is 1. The molecule has 0 saturated carbocycles. The van der Waals surface area contributed by atoms with E-state index in [0.29, 0.717) is 11.3 Å². The number of hydrogen-bond acceptors (Lipinski definition) is 4. The van der Waals surface area contributed by atoms with Crippen LogP contribution in [-0.2, 0) is 27.1 Å². The standard InChI is InChI=1S/C18H24N2O4S/c1-13(2)17(18(21)19-11-16-5-4-10-24-16)20-25(22,23)12-15-8-6-14(3)7-9-15/h4-10,13,17,20H,11-12H2,1-3H3,(H,19,21)/t17-/m0/s1. The molecule has 0 radical (unpaired) electrons. The van der Waals surface area contributed by atoms with Gasteiger partial charge in [0.2, 0.25) is 15.9 Å². The number of hydrogen-bond donors (Lipinski definition) is 2. The average molecular weight is 364 g/mol. The Bertz CT molecular complexity index is 781. The first-order chi connectivity index (χ1) is 11.8. The summed E-state index contributed by atoms with van der Waals surface area (Å²) in [5, 5.41) is 2.70. The molecule has 1 amide bonds. The maximum atomic E-state index is 12.4. The number of sulfonamides is 1. The van der Waals surface area contributed by atoms with Gasteiger partial charge >= 0.3 is 0 Å². The molecular formula is C18H24N2O4S. The first-order valence-corrected chi connectivity index (χ1v) is 9.78. The molecule has 0 aliphatic carbocycles. The van der Waals surface area contributed by atoms with E-state index in [1.54, 1.807) is 38.1 Å². The minimum absolute atomic E-state index is 0.165. The predicted octanol–water partition coefficient (Wildman–Crippen LogP) is 2.35. The van der Waals surface area contributed by atoms with E-state index in [0.717, 1.165) is 5.56 Å². The van der Waals surface area contributed by atoms with Crippen LogP contribution < -0.4 is 10.0 Å². The molecule has 0 saturated heterocycles. The normalized spacial score (nSPS) is 13.0. The topological polar surface area (TPSA) is 88.4 Å². The van der Waals surface area contributed by atoms with Crippen LogP contribution in [0.15, 0.2) is 47.1 Å². The second-order valence-electron chi connectivity index (χ2n) is 6.38. The fourth-order valence-corrected chi connectivity index (χ4v) is 3.81. The summed E-state index contributed by atoms with van der Waals surface area (Å²) < 4.78 is 32.5. The molecule has 136 valence electrons. The number of rotatable bonds is 8. The molecular weight excluding hydrogens is 340 g/mol. The van der Waals surface area contributed by atoms with Crippen molar-refractivity contribution in [2.45, 2.75) is 39.1 Å². The second-order valence-corrected chi connectivity index (χ2v) is 8.14. The Morgan fingerprint density at radius 2 is 1.84 bits per heavy atom. The van der Waals surface area contributed by atoms with Crippen LogP contribution in [-0.4, -0.2) is 20.4 Å². The molecule has 1 heterocycles. The summed E-state index contributed by atoms with van der Waals surface area (Å²) in [4.78, 5) is 12.4. The molecule has 1 aromatic carbocycles. The quantitative estimate of drug-likeness (QED) is 0.752. The molecule has 1 aromatic heterocycles. The van der Waals surface area contributed by atoms with Crippen molar-refractivity contribution < 1.29 is 17.6 Å². The first-order valence-electron chi connectivity index (χ1n) is 8.12. The Morgan fingerprint density at radius 3 is 2.40 bits per heavy atom. The van der Waals surface area contributed by atoms with E-state index < -0.39 is 16.1 Å². The van der Waals surface area contributed by atoms with Gasteiger partial charge in [-0.25, -0.2) is 13.1 Å². The molecule has 0 aliphatic rings. The highest BCUT2D eigenvalue weighted by Gasteiger charge is 2.27. The zero-order valence-corrected chi connectivity index (χ0v) is 15.5. The van der Waals surface area contributed by atoms with Gasteiger partial charge in [0, 0.05) is 0 Å². The predicted molar refractivity (Wildman–Crippen MR) is 96.1 cm³/mol. The zero-order chi connectivity index (χ0) is 18.4. The second kappa shape index (κ2) is 8.31. The van der Waals surface area contributed by atoms with E-state index in [1.807, 2.05) is 19.1 Å². The van der Waals surface area contributed by atoms with Gasteiger partial charge in [0.1, 0.15) is 11.8 Å². The first kappa shape index (κ1) is 19.2. The van der Waals surface area contributed by atoms with Crippen molar-refractivity contribution in [3.05, 3.63) is 59.5 Å². The summed E-state index contributed by atoms with van der Waals surface area (Å²) >= 11 is 0. The van der Waals surface area contributed by atoms with Gasteiger partial charge in [-0.1, -0.05) is 43.7 Å². The lowest BCUT2D eigenvalue weighted by Crippen LogP contribution is -2.49. The van der Waals surface area contributed by atoms with Crippen LogP contribution in [0.25, 0.3) is 0 Å². The molecule has 0 spiro atoms. The lowest BCUT2D eigenvalue weighted by molar-refractivity contribution is -0.123. The van der Waals surface area contributed by atoms with Gasteiger partial charge in [0.05, 0.1) is 18.6 Å². The third-order valence-corrected chi connectivity index (χ3v) is 5.08. The Balaban J connectivity index is 2.01. The van der Waals surface area contributed by atoms with Gasteiger partial charge in [-0.05, 0) is 30.5 Å². The van der Waals surface area contributed by atoms with Gasteiger partial charge in [-0.15, -0.1) is 0 Å². The van der Waals surface area contributed by atoms with Crippen LogP contribution in [0.5, 0.6) is 0 Å². The molecule has 6 nitrogen and oxygen atoms in total. The maximum Gasteiger partial charge on any atom is 0.238 e. The zero-order valence-electron chi connectivity index (χ0n) is 14.7. The van der Waals surface area contributed by atoms with E-state index in [1.165, 1.54) is 6.26 Å². The number of carbonyl (C=O) groups excluding carboxylic acids is 1. The molecule has 0 fully saturated rings. The van der Waals surface area contributed by atoms with Crippen LogP contribution in [0.1, 0.15) is 30.7 Å². The smallest absolute Gasteiger partial charge is 0.238 e. The molecule has 2 aromatic rings.